The van der Waals surface area contributed by atoms with Gasteiger partial charge in [0, 0.05) is 11.0 Å². The molecule has 0 spiro atoms. The maximum atomic E-state index is 12.9. The van der Waals surface area contributed by atoms with E-state index in [0.29, 0.717) is 18.3 Å². The van der Waals surface area contributed by atoms with Crippen LogP contribution in [0.15, 0.2) is 53.1 Å². The fourth-order valence-corrected chi connectivity index (χ4v) is 2.67. The summed E-state index contributed by atoms with van der Waals surface area (Å²) in [6.07, 6.45) is 1.54. The van der Waals surface area contributed by atoms with Crippen LogP contribution in [0, 0.1) is 12.7 Å². The molecule has 3 aromatic rings. The number of rotatable bonds is 5. The highest BCUT2D eigenvalue weighted by atomic mass is 79.9. The van der Waals surface area contributed by atoms with Crippen LogP contribution in [0.25, 0.3) is 0 Å². The summed E-state index contributed by atoms with van der Waals surface area (Å²) in [5.41, 5.74) is 2.96. The molecule has 0 bridgehead atoms. The summed E-state index contributed by atoms with van der Waals surface area (Å²) in [5.74, 6) is 0.723. The third kappa shape index (κ3) is 4.26. The number of hydrogen-bond donors (Lipinski definition) is 2. The number of aryl methyl sites for hydroxylation is 1. The molecular formula is C17H15BrFN5. The van der Waals surface area contributed by atoms with E-state index >= 15 is 0 Å². The molecule has 0 amide bonds. The van der Waals surface area contributed by atoms with Crippen molar-refractivity contribution in [3.8, 4) is 0 Å². The molecule has 0 saturated carbocycles. The van der Waals surface area contributed by atoms with Gasteiger partial charge in [0.1, 0.15) is 5.82 Å². The van der Waals surface area contributed by atoms with E-state index in [0.717, 1.165) is 21.3 Å². The predicted octanol–water partition coefficient (Wildman–Crippen LogP) is 4.44. The summed E-state index contributed by atoms with van der Waals surface area (Å²) in [4.78, 5) is 4.37. The monoisotopic (exact) mass is 387 g/mol. The molecule has 0 aliphatic rings. The molecule has 0 aliphatic carbocycles. The summed E-state index contributed by atoms with van der Waals surface area (Å²) in [6, 6.07) is 12.2. The lowest BCUT2D eigenvalue weighted by molar-refractivity contribution is 0.627. The van der Waals surface area contributed by atoms with Gasteiger partial charge in [0.2, 0.25) is 5.95 Å². The summed E-state index contributed by atoms with van der Waals surface area (Å²) < 4.78 is 13.8. The topological polar surface area (TPSA) is 62.7 Å². The Morgan fingerprint density at radius 3 is 2.67 bits per heavy atom. The van der Waals surface area contributed by atoms with Crippen molar-refractivity contribution in [1.29, 1.82) is 0 Å². The van der Waals surface area contributed by atoms with E-state index in [1.807, 2.05) is 25.1 Å². The van der Waals surface area contributed by atoms with Crippen LogP contribution in [0.5, 0.6) is 0 Å². The lowest BCUT2D eigenvalue weighted by atomic mass is 10.2. The summed E-state index contributed by atoms with van der Waals surface area (Å²) >= 11 is 3.51. The molecule has 7 heteroatoms. The first-order valence-electron chi connectivity index (χ1n) is 7.31. The molecule has 0 aliphatic heterocycles. The third-order valence-corrected chi connectivity index (χ3v) is 3.97. The van der Waals surface area contributed by atoms with Crippen molar-refractivity contribution in [2.75, 3.05) is 10.6 Å². The van der Waals surface area contributed by atoms with Gasteiger partial charge < -0.3 is 10.6 Å². The molecular weight excluding hydrogens is 373 g/mol. The van der Waals surface area contributed by atoms with E-state index in [-0.39, 0.29) is 5.82 Å². The lowest BCUT2D eigenvalue weighted by Gasteiger charge is -2.09. The second-order valence-electron chi connectivity index (χ2n) is 5.25. The van der Waals surface area contributed by atoms with Crippen molar-refractivity contribution in [2.45, 2.75) is 13.5 Å². The Kier molecular flexibility index (Phi) is 5.00. The van der Waals surface area contributed by atoms with Crippen molar-refractivity contribution in [3.63, 3.8) is 0 Å². The summed E-state index contributed by atoms with van der Waals surface area (Å²) in [5, 5.41) is 14.2. The van der Waals surface area contributed by atoms with Crippen LogP contribution in [0.3, 0.4) is 0 Å². The molecule has 0 radical (unpaired) electrons. The van der Waals surface area contributed by atoms with Crippen molar-refractivity contribution < 1.29 is 4.39 Å². The van der Waals surface area contributed by atoms with E-state index in [2.05, 4.69) is 41.7 Å². The number of halogens is 2. The maximum absolute atomic E-state index is 12.9. The molecule has 1 heterocycles. The standard InChI is InChI=1S/C17H15BrFN5/c1-11-2-7-15(14(18)8-11)22-17-23-16(10-21-24-17)20-9-12-3-5-13(19)6-4-12/h2-8,10H,9H2,1H3,(H2,20,22,23,24). The van der Waals surface area contributed by atoms with Crippen LogP contribution < -0.4 is 10.6 Å². The highest BCUT2D eigenvalue weighted by Crippen LogP contribution is 2.25. The minimum atomic E-state index is -0.252. The van der Waals surface area contributed by atoms with Crippen LogP contribution in [0.4, 0.5) is 21.8 Å². The number of benzene rings is 2. The molecule has 0 atom stereocenters. The number of aromatic nitrogens is 3. The van der Waals surface area contributed by atoms with Crippen LogP contribution in [0.2, 0.25) is 0 Å². The molecule has 2 aromatic carbocycles. The van der Waals surface area contributed by atoms with Crippen molar-refractivity contribution >= 4 is 33.4 Å². The van der Waals surface area contributed by atoms with Crippen LogP contribution in [-0.2, 0) is 6.54 Å². The summed E-state index contributed by atoms with van der Waals surface area (Å²) in [6.45, 7) is 2.54. The smallest absolute Gasteiger partial charge is 0.249 e. The summed E-state index contributed by atoms with van der Waals surface area (Å²) in [7, 11) is 0. The molecule has 5 nitrogen and oxygen atoms in total. The Morgan fingerprint density at radius 2 is 1.92 bits per heavy atom. The Hall–Kier alpha value is -2.54. The third-order valence-electron chi connectivity index (χ3n) is 3.32. The van der Waals surface area contributed by atoms with Crippen molar-refractivity contribution in [3.05, 3.63) is 70.1 Å². The molecule has 0 unspecified atom stereocenters. The minimum Gasteiger partial charge on any atom is -0.365 e. The van der Waals surface area contributed by atoms with Gasteiger partial charge in [-0.05, 0) is 58.2 Å². The molecule has 122 valence electrons. The van der Waals surface area contributed by atoms with E-state index in [9.17, 15) is 4.39 Å². The second-order valence-corrected chi connectivity index (χ2v) is 6.11. The van der Waals surface area contributed by atoms with Gasteiger partial charge in [-0.1, -0.05) is 18.2 Å². The van der Waals surface area contributed by atoms with Gasteiger partial charge in [-0.2, -0.15) is 10.1 Å². The zero-order valence-electron chi connectivity index (χ0n) is 12.9. The Labute approximate surface area is 147 Å². The highest BCUT2D eigenvalue weighted by molar-refractivity contribution is 9.10. The molecule has 1 aromatic heterocycles. The predicted molar refractivity (Wildman–Crippen MR) is 95.7 cm³/mol. The first-order valence-corrected chi connectivity index (χ1v) is 8.11. The van der Waals surface area contributed by atoms with Gasteiger partial charge in [-0.25, -0.2) is 4.39 Å². The molecule has 3 rings (SSSR count). The van der Waals surface area contributed by atoms with Gasteiger partial charge in [0.15, 0.2) is 5.82 Å². The zero-order valence-corrected chi connectivity index (χ0v) is 14.5. The van der Waals surface area contributed by atoms with Crippen molar-refractivity contribution in [1.82, 2.24) is 15.2 Å². The van der Waals surface area contributed by atoms with Gasteiger partial charge in [0.05, 0.1) is 11.9 Å². The highest BCUT2D eigenvalue weighted by Gasteiger charge is 2.05. The number of nitrogens with one attached hydrogen (secondary N) is 2. The molecule has 2 N–H and O–H groups in total. The quantitative estimate of drug-likeness (QED) is 0.677. The number of nitrogens with zero attached hydrogens (tertiary/aromatic N) is 3. The van der Waals surface area contributed by atoms with E-state index in [1.165, 1.54) is 12.1 Å². The van der Waals surface area contributed by atoms with E-state index < -0.39 is 0 Å². The van der Waals surface area contributed by atoms with E-state index in [1.54, 1.807) is 18.3 Å². The lowest BCUT2D eigenvalue weighted by Crippen LogP contribution is -2.06. The minimum absolute atomic E-state index is 0.252. The van der Waals surface area contributed by atoms with Crippen LogP contribution in [-0.4, -0.2) is 15.2 Å². The van der Waals surface area contributed by atoms with E-state index in [4.69, 9.17) is 0 Å². The van der Waals surface area contributed by atoms with Crippen molar-refractivity contribution in [2.24, 2.45) is 0 Å². The molecule has 24 heavy (non-hydrogen) atoms. The number of anilines is 3. The maximum Gasteiger partial charge on any atom is 0.249 e. The normalized spacial score (nSPS) is 10.5. The van der Waals surface area contributed by atoms with Gasteiger partial charge in [-0.3, -0.25) is 0 Å². The fraction of sp³-hybridized carbons (Fsp3) is 0.118. The average Bonchev–Trinajstić information content (AvgIpc) is 2.57. The first kappa shape index (κ1) is 16.3. The SMILES string of the molecule is Cc1ccc(Nc2nncc(NCc3ccc(F)cc3)n2)c(Br)c1. The Morgan fingerprint density at radius 1 is 1.12 bits per heavy atom. The van der Waals surface area contributed by atoms with Gasteiger partial charge >= 0.3 is 0 Å². The largest absolute Gasteiger partial charge is 0.365 e. The molecule has 0 saturated heterocycles. The molecule has 0 fully saturated rings. The zero-order chi connectivity index (χ0) is 16.9. The van der Waals surface area contributed by atoms with Crippen LogP contribution >= 0.6 is 15.9 Å². The van der Waals surface area contributed by atoms with Gasteiger partial charge in [-0.15, -0.1) is 5.10 Å². The first-order chi connectivity index (χ1) is 11.6. The van der Waals surface area contributed by atoms with Gasteiger partial charge in [0.25, 0.3) is 0 Å². The Balaban J connectivity index is 1.68. The Bertz CT molecular complexity index is 839. The van der Waals surface area contributed by atoms with Crippen LogP contribution in [0.1, 0.15) is 11.1 Å². The fourth-order valence-electron chi connectivity index (χ4n) is 2.08. The second kappa shape index (κ2) is 7.35. The average molecular weight is 388 g/mol. The number of hydrogen-bond acceptors (Lipinski definition) is 5.